The van der Waals surface area contributed by atoms with Crippen molar-refractivity contribution in [1.82, 2.24) is 0 Å². The van der Waals surface area contributed by atoms with Crippen LogP contribution < -0.4 is 10.5 Å². The van der Waals surface area contributed by atoms with Crippen molar-refractivity contribution in [2.45, 2.75) is 13.8 Å². The zero-order valence-corrected chi connectivity index (χ0v) is 8.87. The Balaban J connectivity index is 3.33. The van der Waals surface area contributed by atoms with Crippen molar-refractivity contribution in [2.75, 3.05) is 7.11 Å². The Morgan fingerprint density at radius 1 is 1.31 bits per heavy atom. The predicted octanol–water partition coefficient (Wildman–Crippen LogP) is 1.95. The molecule has 0 radical (unpaired) electrons. The Bertz CT molecular complexity index is 347. The fourth-order valence-electron chi connectivity index (χ4n) is 1.15. The van der Waals surface area contributed by atoms with Gasteiger partial charge in [-0.2, -0.15) is 0 Å². The van der Waals surface area contributed by atoms with E-state index in [9.17, 15) is 0 Å². The zero-order chi connectivity index (χ0) is 10.0. The summed E-state index contributed by atoms with van der Waals surface area (Å²) < 4.78 is 5.17. The van der Waals surface area contributed by atoms with E-state index < -0.39 is 0 Å². The van der Waals surface area contributed by atoms with Gasteiger partial charge < -0.3 is 10.5 Å². The first-order chi connectivity index (χ1) is 6.06. The number of ether oxygens (including phenoxy) is 1. The van der Waals surface area contributed by atoms with Crippen molar-refractivity contribution < 1.29 is 4.74 Å². The SMILES string of the molecule is COc1cc(C)c(C)cc1C(N)=S. The lowest BCUT2D eigenvalue weighted by Gasteiger charge is -2.10. The largest absolute Gasteiger partial charge is 0.496 e. The Hall–Kier alpha value is -1.09. The lowest BCUT2D eigenvalue weighted by Crippen LogP contribution is -2.11. The molecule has 0 amide bonds. The molecule has 0 saturated heterocycles. The zero-order valence-electron chi connectivity index (χ0n) is 8.05. The molecule has 0 bridgehead atoms. The van der Waals surface area contributed by atoms with Gasteiger partial charge >= 0.3 is 0 Å². The number of methoxy groups -OCH3 is 1. The van der Waals surface area contributed by atoms with E-state index in [0.29, 0.717) is 4.99 Å². The molecule has 0 aromatic heterocycles. The topological polar surface area (TPSA) is 35.2 Å². The molecule has 0 heterocycles. The van der Waals surface area contributed by atoms with E-state index in [1.165, 1.54) is 11.1 Å². The average Bonchev–Trinajstić information content (AvgIpc) is 2.08. The fourth-order valence-corrected chi connectivity index (χ4v) is 1.31. The maximum Gasteiger partial charge on any atom is 0.129 e. The molecular formula is C10H13NOS. The van der Waals surface area contributed by atoms with Crippen molar-refractivity contribution in [2.24, 2.45) is 5.73 Å². The van der Waals surface area contributed by atoms with E-state index in [1.807, 2.05) is 26.0 Å². The molecule has 0 aliphatic rings. The molecule has 13 heavy (non-hydrogen) atoms. The molecule has 1 aromatic carbocycles. The minimum atomic E-state index is 0.375. The first kappa shape index (κ1) is 9.99. The number of hydrogen-bond acceptors (Lipinski definition) is 2. The molecule has 0 spiro atoms. The van der Waals surface area contributed by atoms with Crippen LogP contribution in [0.4, 0.5) is 0 Å². The normalized spacial score (nSPS) is 9.77. The summed E-state index contributed by atoms with van der Waals surface area (Å²) in [4.78, 5) is 0.375. The van der Waals surface area contributed by atoms with Crippen molar-refractivity contribution in [3.63, 3.8) is 0 Å². The Labute approximate surface area is 83.7 Å². The first-order valence-electron chi connectivity index (χ1n) is 4.01. The second-order valence-electron chi connectivity index (χ2n) is 3.00. The molecule has 3 heteroatoms. The average molecular weight is 195 g/mol. The highest BCUT2D eigenvalue weighted by Crippen LogP contribution is 2.22. The molecule has 1 aromatic rings. The van der Waals surface area contributed by atoms with Crippen LogP contribution in [0.5, 0.6) is 5.75 Å². The maximum atomic E-state index is 5.56. The molecule has 0 fully saturated rings. The van der Waals surface area contributed by atoms with Crippen molar-refractivity contribution in [3.8, 4) is 5.75 Å². The molecule has 0 aliphatic carbocycles. The lowest BCUT2D eigenvalue weighted by molar-refractivity contribution is 0.413. The number of aryl methyl sites for hydroxylation is 2. The van der Waals surface area contributed by atoms with Gasteiger partial charge in [0.05, 0.1) is 12.7 Å². The first-order valence-corrected chi connectivity index (χ1v) is 4.42. The summed E-state index contributed by atoms with van der Waals surface area (Å²) in [6, 6.07) is 3.90. The molecule has 2 N–H and O–H groups in total. The highest BCUT2D eigenvalue weighted by molar-refractivity contribution is 7.80. The summed E-state index contributed by atoms with van der Waals surface area (Å²) in [5.74, 6) is 0.746. The van der Waals surface area contributed by atoms with Gasteiger partial charge in [-0.05, 0) is 37.1 Å². The van der Waals surface area contributed by atoms with Crippen molar-refractivity contribution in [1.29, 1.82) is 0 Å². The summed E-state index contributed by atoms with van der Waals surface area (Å²) in [6.07, 6.45) is 0. The van der Waals surface area contributed by atoms with Crippen LogP contribution in [-0.4, -0.2) is 12.1 Å². The number of rotatable bonds is 2. The van der Waals surface area contributed by atoms with Gasteiger partial charge in [0, 0.05) is 0 Å². The third kappa shape index (κ3) is 1.98. The number of benzene rings is 1. The molecule has 0 unspecified atom stereocenters. The lowest BCUT2D eigenvalue weighted by atomic mass is 10.1. The molecule has 0 atom stereocenters. The quantitative estimate of drug-likeness (QED) is 0.732. The Kier molecular flexibility index (Phi) is 2.88. The van der Waals surface area contributed by atoms with Gasteiger partial charge in [-0.25, -0.2) is 0 Å². The third-order valence-electron chi connectivity index (χ3n) is 2.08. The predicted molar refractivity (Wildman–Crippen MR) is 58.4 cm³/mol. The molecular weight excluding hydrogens is 182 g/mol. The van der Waals surface area contributed by atoms with Gasteiger partial charge in [0.15, 0.2) is 0 Å². The van der Waals surface area contributed by atoms with E-state index in [2.05, 4.69) is 0 Å². The standard InChI is InChI=1S/C10H13NOS/c1-6-4-8(10(11)13)9(12-3)5-7(6)2/h4-5H,1-3H3,(H2,11,13). The van der Waals surface area contributed by atoms with E-state index >= 15 is 0 Å². The van der Waals surface area contributed by atoms with Crippen molar-refractivity contribution in [3.05, 3.63) is 28.8 Å². The van der Waals surface area contributed by atoms with Gasteiger partial charge in [0.25, 0.3) is 0 Å². The van der Waals surface area contributed by atoms with Crippen LogP contribution in [0.15, 0.2) is 12.1 Å². The van der Waals surface area contributed by atoms with E-state index in [-0.39, 0.29) is 0 Å². The van der Waals surface area contributed by atoms with Crippen LogP contribution in [0.25, 0.3) is 0 Å². The van der Waals surface area contributed by atoms with Crippen molar-refractivity contribution >= 4 is 17.2 Å². The molecule has 0 aliphatic heterocycles. The summed E-state index contributed by atoms with van der Waals surface area (Å²) in [5, 5.41) is 0. The van der Waals surface area contributed by atoms with E-state index in [1.54, 1.807) is 7.11 Å². The highest BCUT2D eigenvalue weighted by Gasteiger charge is 2.07. The van der Waals surface area contributed by atoms with E-state index in [0.717, 1.165) is 11.3 Å². The van der Waals surface area contributed by atoms with Crippen LogP contribution in [0, 0.1) is 13.8 Å². The third-order valence-corrected chi connectivity index (χ3v) is 2.30. The molecule has 0 saturated carbocycles. The Morgan fingerprint density at radius 2 is 1.85 bits per heavy atom. The maximum absolute atomic E-state index is 5.56. The van der Waals surface area contributed by atoms with Gasteiger partial charge in [-0.3, -0.25) is 0 Å². The second kappa shape index (κ2) is 3.75. The van der Waals surface area contributed by atoms with E-state index in [4.69, 9.17) is 22.7 Å². The minimum Gasteiger partial charge on any atom is -0.496 e. The number of hydrogen-bond donors (Lipinski definition) is 1. The van der Waals surface area contributed by atoms with Gasteiger partial charge in [0.1, 0.15) is 10.7 Å². The van der Waals surface area contributed by atoms with Gasteiger partial charge in [-0.1, -0.05) is 12.2 Å². The summed E-state index contributed by atoms with van der Waals surface area (Å²) in [7, 11) is 1.62. The second-order valence-corrected chi connectivity index (χ2v) is 3.44. The highest BCUT2D eigenvalue weighted by atomic mass is 32.1. The smallest absolute Gasteiger partial charge is 0.129 e. The van der Waals surface area contributed by atoms with Crippen LogP contribution in [0.1, 0.15) is 16.7 Å². The number of thiocarbonyl (C=S) groups is 1. The van der Waals surface area contributed by atoms with Crippen LogP contribution >= 0.6 is 12.2 Å². The van der Waals surface area contributed by atoms with Crippen LogP contribution in [0.2, 0.25) is 0 Å². The fraction of sp³-hybridized carbons (Fsp3) is 0.300. The molecule has 2 nitrogen and oxygen atoms in total. The van der Waals surface area contributed by atoms with Gasteiger partial charge in [-0.15, -0.1) is 0 Å². The summed E-state index contributed by atoms with van der Waals surface area (Å²) in [5.41, 5.74) is 8.71. The minimum absolute atomic E-state index is 0.375. The monoisotopic (exact) mass is 195 g/mol. The van der Waals surface area contributed by atoms with Crippen LogP contribution in [0.3, 0.4) is 0 Å². The van der Waals surface area contributed by atoms with Gasteiger partial charge in [0.2, 0.25) is 0 Å². The Morgan fingerprint density at radius 3 is 2.31 bits per heavy atom. The summed E-state index contributed by atoms with van der Waals surface area (Å²) >= 11 is 4.92. The molecule has 70 valence electrons. The summed E-state index contributed by atoms with van der Waals surface area (Å²) in [6.45, 7) is 4.05. The van der Waals surface area contributed by atoms with Crippen LogP contribution in [-0.2, 0) is 0 Å². The molecule has 1 rings (SSSR count). The number of nitrogens with two attached hydrogens (primary N) is 1.